The number of hydrogen-bond acceptors (Lipinski definition) is 14. The monoisotopic (exact) mass is 756 g/mol. The van der Waals surface area contributed by atoms with Crippen LogP contribution < -0.4 is 0 Å². The molecule has 3 saturated heterocycles. The average molecular weight is 757 g/mol. The van der Waals surface area contributed by atoms with Gasteiger partial charge in [0.25, 0.3) is 0 Å². The van der Waals surface area contributed by atoms with E-state index in [0.29, 0.717) is 5.56 Å². The maximum absolute atomic E-state index is 13.7. The van der Waals surface area contributed by atoms with Crippen LogP contribution in [0.15, 0.2) is 121 Å². The summed E-state index contributed by atoms with van der Waals surface area (Å²) in [7, 11) is 1.30. The molecule has 3 heterocycles. The third kappa shape index (κ3) is 8.77. The fraction of sp³-hybridized carbons (Fsp3) is 0.341. The molecule has 7 rings (SSSR count). The standard InChI is InChI=1S/C41H40O14/c1-47-41-35(53-38(46)26-18-10-4-11-19-26)34(52-37(45)25-16-8-3-9-17-25)33(29(51-41)22-48-36(44)24-14-6-2-7-15-24)55-40-31(43)30(42)32-28(50-40)23-49-39(54-32)27-20-12-5-13-21-27/h2-21,28-35,39-43H,22-23H2,1H3/t28?,29?,30-,31?,32+,33+,34+,35?,39?,40+,41-/m1/s1. The fourth-order valence-electron chi connectivity index (χ4n) is 6.60. The van der Waals surface area contributed by atoms with E-state index < -0.39 is 92.2 Å². The number of rotatable bonds is 11. The van der Waals surface area contributed by atoms with E-state index in [4.69, 9.17) is 42.6 Å². The molecule has 0 saturated carbocycles. The highest BCUT2D eigenvalue weighted by atomic mass is 16.8. The van der Waals surface area contributed by atoms with Crippen molar-refractivity contribution in [1.29, 1.82) is 0 Å². The van der Waals surface area contributed by atoms with E-state index in [0.717, 1.165) is 0 Å². The fourth-order valence-corrected chi connectivity index (χ4v) is 6.60. The van der Waals surface area contributed by atoms with E-state index in [-0.39, 0.29) is 23.3 Å². The summed E-state index contributed by atoms with van der Waals surface area (Å²) in [6, 6.07) is 33.5. The third-order valence-corrected chi connectivity index (χ3v) is 9.41. The van der Waals surface area contributed by atoms with Crippen LogP contribution in [0.1, 0.15) is 42.9 Å². The normalized spacial score (nSPS) is 30.3. The number of esters is 3. The smallest absolute Gasteiger partial charge is 0.338 e. The molecule has 4 aromatic rings. The molecule has 0 spiro atoms. The first-order chi connectivity index (χ1) is 26.8. The zero-order valence-corrected chi connectivity index (χ0v) is 29.6. The average Bonchev–Trinajstić information content (AvgIpc) is 3.24. The zero-order valence-electron chi connectivity index (χ0n) is 29.6. The molecule has 0 amide bonds. The van der Waals surface area contributed by atoms with Crippen LogP contribution in [0.3, 0.4) is 0 Å². The predicted octanol–water partition coefficient (Wildman–Crippen LogP) is 3.61. The molecule has 14 nitrogen and oxygen atoms in total. The van der Waals surface area contributed by atoms with Crippen LogP contribution in [-0.2, 0) is 42.6 Å². The third-order valence-electron chi connectivity index (χ3n) is 9.41. The maximum atomic E-state index is 13.7. The van der Waals surface area contributed by atoms with Gasteiger partial charge >= 0.3 is 17.9 Å². The SMILES string of the molecule is CO[C@@H]1OC(COC(=O)c2ccccc2)[C@H](O[C@@H]2OC3COC(c4ccccc4)O[C@@H]3[C@H](O)C2O)[C@H](OC(=O)c2ccccc2)C1OC(=O)c1ccccc1. The van der Waals surface area contributed by atoms with E-state index in [1.807, 2.05) is 30.3 Å². The van der Waals surface area contributed by atoms with Crippen molar-refractivity contribution in [3.05, 3.63) is 144 Å². The molecule has 11 atom stereocenters. The highest BCUT2D eigenvalue weighted by molar-refractivity contribution is 5.90. The number of benzene rings is 4. The predicted molar refractivity (Wildman–Crippen MR) is 189 cm³/mol. The molecule has 3 aliphatic heterocycles. The lowest BCUT2D eigenvalue weighted by Crippen LogP contribution is -2.67. The van der Waals surface area contributed by atoms with Crippen molar-refractivity contribution in [2.24, 2.45) is 0 Å². The molecule has 14 heteroatoms. The van der Waals surface area contributed by atoms with Gasteiger partial charge in [-0.15, -0.1) is 0 Å². The lowest BCUT2D eigenvalue weighted by Gasteiger charge is -2.49. The van der Waals surface area contributed by atoms with Crippen molar-refractivity contribution >= 4 is 17.9 Å². The molecule has 5 unspecified atom stereocenters. The number of fused-ring (bicyclic) bond motifs is 1. The quantitative estimate of drug-likeness (QED) is 0.168. The van der Waals surface area contributed by atoms with Gasteiger partial charge in [0, 0.05) is 12.7 Å². The van der Waals surface area contributed by atoms with E-state index in [9.17, 15) is 24.6 Å². The van der Waals surface area contributed by atoms with Gasteiger partial charge < -0.3 is 52.8 Å². The van der Waals surface area contributed by atoms with Crippen molar-refractivity contribution in [3.63, 3.8) is 0 Å². The van der Waals surface area contributed by atoms with Crippen molar-refractivity contribution < 1.29 is 67.2 Å². The van der Waals surface area contributed by atoms with Gasteiger partial charge in [-0.1, -0.05) is 84.9 Å². The summed E-state index contributed by atoms with van der Waals surface area (Å²) in [6.07, 6.45) is -14.7. The van der Waals surface area contributed by atoms with Gasteiger partial charge in [-0.05, 0) is 36.4 Å². The summed E-state index contributed by atoms with van der Waals surface area (Å²) in [5, 5.41) is 22.8. The molecule has 0 aliphatic carbocycles. The first-order valence-electron chi connectivity index (χ1n) is 17.7. The van der Waals surface area contributed by atoms with Crippen LogP contribution in [0, 0.1) is 0 Å². The summed E-state index contributed by atoms with van der Waals surface area (Å²) in [5.74, 6) is -2.30. The summed E-state index contributed by atoms with van der Waals surface area (Å²) in [4.78, 5) is 40.3. The minimum atomic E-state index is -1.71. The van der Waals surface area contributed by atoms with E-state index >= 15 is 0 Å². The first kappa shape index (κ1) is 38.3. The number of carbonyl (C=O) groups excluding carboxylic acids is 3. The van der Waals surface area contributed by atoms with Crippen molar-refractivity contribution in [2.45, 2.75) is 67.7 Å². The van der Waals surface area contributed by atoms with Crippen LogP contribution in [0.5, 0.6) is 0 Å². The molecule has 55 heavy (non-hydrogen) atoms. The summed E-state index contributed by atoms with van der Waals surface area (Å²) in [6.45, 7) is -0.512. The number of hydrogen-bond donors (Lipinski definition) is 2. The van der Waals surface area contributed by atoms with Gasteiger partial charge in [0.05, 0.1) is 23.3 Å². The van der Waals surface area contributed by atoms with Gasteiger partial charge in [-0.3, -0.25) is 0 Å². The second-order valence-electron chi connectivity index (χ2n) is 13.0. The Labute approximate surface area is 316 Å². The summed E-state index contributed by atoms with van der Waals surface area (Å²) in [5.41, 5.74) is 1.32. The van der Waals surface area contributed by atoms with E-state index in [2.05, 4.69) is 0 Å². The topological polar surface area (TPSA) is 175 Å². The summed E-state index contributed by atoms with van der Waals surface area (Å²) < 4.78 is 54.0. The van der Waals surface area contributed by atoms with Crippen LogP contribution in [0.4, 0.5) is 0 Å². The Morgan fingerprint density at radius 1 is 0.618 bits per heavy atom. The van der Waals surface area contributed by atoms with Crippen molar-refractivity contribution in [1.82, 2.24) is 0 Å². The van der Waals surface area contributed by atoms with Gasteiger partial charge in [0.1, 0.15) is 43.2 Å². The minimum Gasteiger partial charge on any atom is -0.459 e. The maximum Gasteiger partial charge on any atom is 0.338 e. The van der Waals surface area contributed by atoms with E-state index in [1.54, 1.807) is 78.9 Å². The Morgan fingerprint density at radius 2 is 1.15 bits per heavy atom. The molecule has 2 N–H and O–H groups in total. The molecule has 0 aromatic heterocycles. The first-order valence-corrected chi connectivity index (χ1v) is 17.7. The summed E-state index contributed by atoms with van der Waals surface area (Å²) >= 11 is 0. The molecular weight excluding hydrogens is 716 g/mol. The Kier molecular flexibility index (Phi) is 12.3. The Bertz CT molecular complexity index is 1860. The molecule has 3 fully saturated rings. The second-order valence-corrected chi connectivity index (χ2v) is 13.0. The van der Waals surface area contributed by atoms with Crippen LogP contribution in [-0.4, -0.2) is 110 Å². The highest BCUT2D eigenvalue weighted by Gasteiger charge is 2.56. The Balaban J connectivity index is 1.20. The molecule has 0 radical (unpaired) electrons. The molecule has 0 bridgehead atoms. The Morgan fingerprint density at radius 3 is 1.71 bits per heavy atom. The number of aliphatic hydroxyl groups is 2. The molecular formula is C41H40O14. The number of ether oxygens (including phenoxy) is 9. The van der Waals surface area contributed by atoms with Gasteiger partial charge in [0.2, 0.25) is 0 Å². The van der Waals surface area contributed by atoms with Crippen molar-refractivity contribution in [2.75, 3.05) is 20.3 Å². The molecule has 4 aromatic carbocycles. The van der Waals surface area contributed by atoms with Crippen LogP contribution in [0.25, 0.3) is 0 Å². The minimum absolute atomic E-state index is 0.0391. The van der Waals surface area contributed by atoms with Crippen LogP contribution >= 0.6 is 0 Å². The molecule has 3 aliphatic rings. The highest BCUT2D eigenvalue weighted by Crippen LogP contribution is 2.37. The van der Waals surface area contributed by atoms with E-state index in [1.165, 1.54) is 19.2 Å². The lowest BCUT2D eigenvalue weighted by molar-refractivity contribution is -0.384. The zero-order chi connectivity index (χ0) is 38.3. The van der Waals surface area contributed by atoms with Gasteiger partial charge in [-0.25, -0.2) is 14.4 Å². The Hall–Kier alpha value is -5.03. The second kappa shape index (κ2) is 17.6. The van der Waals surface area contributed by atoms with Crippen LogP contribution in [0.2, 0.25) is 0 Å². The van der Waals surface area contributed by atoms with Gasteiger partial charge in [0.15, 0.2) is 31.1 Å². The molecule has 288 valence electrons. The largest absolute Gasteiger partial charge is 0.459 e. The number of methoxy groups -OCH3 is 1. The lowest BCUT2D eigenvalue weighted by atomic mass is 9.95. The number of carbonyl (C=O) groups is 3. The number of aliphatic hydroxyl groups excluding tert-OH is 2. The van der Waals surface area contributed by atoms with Gasteiger partial charge in [-0.2, -0.15) is 0 Å². The van der Waals surface area contributed by atoms with Crippen molar-refractivity contribution in [3.8, 4) is 0 Å².